The predicted octanol–water partition coefficient (Wildman–Crippen LogP) is 12.9. The van der Waals surface area contributed by atoms with E-state index in [9.17, 15) is 0 Å². The fraction of sp³-hybridized carbons (Fsp3) is 0.250. The van der Waals surface area contributed by atoms with Crippen molar-refractivity contribution in [2.75, 3.05) is 0 Å². The van der Waals surface area contributed by atoms with Crippen LogP contribution in [-0.4, -0.2) is 12.2 Å². The van der Waals surface area contributed by atoms with E-state index < -0.39 is 34.7 Å². The highest BCUT2D eigenvalue weighted by Crippen LogP contribution is 2.40. The first-order valence-corrected chi connectivity index (χ1v) is 18.4. The Hall–Kier alpha value is -5.40. The van der Waals surface area contributed by atoms with Crippen LogP contribution in [0.15, 0.2) is 133 Å². The second kappa shape index (κ2) is 16.5. The van der Waals surface area contributed by atoms with Gasteiger partial charge in [0, 0.05) is 10.8 Å². The highest BCUT2D eigenvalue weighted by Gasteiger charge is 2.40. The van der Waals surface area contributed by atoms with Gasteiger partial charge in [-0.2, -0.15) is 0 Å². The van der Waals surface area contributed by atoms with Gasteiger partial charge in [-0.3, -0.25) is 0 Å². The highest BCUT2D eigenvalue weighted by atomic mass is 19.1. The van der Waals surface area contributed by atoms with Crippen LogP contribution in [0.25, 0.3) is 0 Å². The Morgan fingerprint density at radius 3 is 1.20 bits per heavy atom. The minimum atomic E-state index is -0.805. The van der Waals surface area contributed by atoms with Crippen molar-refractivity contribution >= 4 is 0 Å². The minimum Gasteiger partial charge on any atom is -0.454 e. The molecule has 6 aromatic rings. The molecule has 284 valence electrons. The average Bonchev–Trinajstić information content (AvgIpc) is 3.16. The van der Waals surface area contributed by atoms with Gasteiger partial charge in [0.05, 0.1) is 12.2 Å². The van der Waals surface area contributed by atoms with E-state index in [2.05, 4.69) is 0 Å². The van der Waals surface area contributed by atoms with Crippen LogP contribution in [0.4, 0.5) is 17.6 Å². The third kappa shape index (κ3) is 9.29. The largest absolute Gasteiger partial charge is 0.454 e. The molecule has 0 spiro atoms. The summed E-state index contributed by atoms with van der Waals surface area (Å²) in [7, 11) is 0. The number of ether oxygens (including phenoxy) is 3. The summed E-state index contributed by atoms with van der Waals surface area (Å²) in [4.78, 5) is 0. The van der Waals surface area contributed by atoms with Crippen LogP contribution in [0.5, 0.6) is 23.0 Å². The first kappa shape index (κ1) is 39.3. The number of rotatable bonds is 14. The average molecular weight is 747 g/mol. The van der Waals surface area contributed by atoms with Gasteiger partial charge in [-0.15, -0.1) is 0 Å². The molecule has 0 heterocycles. The van der Waals surface area contributed by atoms with Gasteiger partial charge in [0.15, 0.2) is 23.1 Å². The van der Waals surface area contributed by atoms with Crippen molar-refractivity contribution in [2.45, 2.75) is 77.4 Å². The molecule has 0 amide bonds. The minimum absolute atomic E-state index is 0.0610. The Balaban J connectivity index is 1.43. The van der Waals surface area contributed by atoms with Crippen molar-refractivity contribution in [1.82, 2.24) is 0 Å². The van der Waals surface area contributed by atoms with E-state index in [1.165, 1.54) is 24.3 Å². The topological polar surface area (TPSA) is 27.7 Å². The van der Waals surface area contributed by atoms with Crippen LogP contribution in [0, 0.1) is 37.1 Å². The first-order valence-electron chi connectivity index (χ1n) is 18.4. The second-order valence-corrected chi connectivity index (χ2v) is 15.3. The number of hydrogen-bond donors (Lipinski definition) is 0. The first-order chi connectivity index (χ1) is 26.2. The predicted molar refractivity (Wildman–Crippen MR) is 210 cm³/mol. The maximum Gasteiger partial charge on any atom is 0.165 e. The van der Waals surface area contributed by atoms with Crippen molar-refractivity contribution in [3.05, 3.63) is 190 Å². The fourth-order valence-electron chi connectivity index (χ4n) is 6.67. The molecule has 0 fully saturated rings. The van der Waals surface area contributed by atoms with Gasteiger partial charge < -0.3 is 14.2 Å². The molecule has 0 aliphatic rings. The standard InChI is InChI=1S/C48H46F4O3/c1-31-17-21-35(29-41(31)51)47(3,4)45(27-33-19-23-39(49)43(25-33)53-37-13-9-7-10-14-37)55-46(48(5,6)36-22-18-32(2)42(52)30-36)28-34-20-24-40(50)44(26-34)54-38-15-11-8-12-16-38/h7-26,29-30,45-46H,27-28H2,1-6H3. The monoisotopic (exact) mass is 746 g/mol. The molecule has 55 heavy (non-hydrogen) atoms. The van der Waals surface area contributed by atoms with Crippen molar-refractivity contribution < 1.29 is 31.8 Å². The summed E-state index contributed by atoms with van der Waals surface area (Å²) < 4.78 is 79.9. The fourth-order valence-corrected chi connectivity index (χ4v) is 6.67. The van der Waals surface area contributed by atoms with E-state index in [0.29, 0.717) is 33.8 Å². The molecule has 0 bridgehead atoms. The molecule has 2 unspecified atom stereocenters. The second-order valence-electron chi connectivity index (χ2n) is 15.3. The number of aryl methyl sites for hydroxylation is 2. The Kier molecular flexibility index (Phi) is 11.8. The third-order valence-electron chi connectivity index (χ3n) is 10.5. The van der Waals surface area contributed by atoms with Crippen LogP contribution < -0.4 is 9.47 Å². The maximum absolute atomic E-state index is 15.2. The number of halogens is 4. The molecular formula is C48H46F4O3. The zero-order valence-electron chi connectivity index (χ0n) is 32.0. The maximum atomic E-state index is 15.2. The Morgan fingerprint density at radius 2 is 0.836 bits per heavy atom. The molecule has 7 heteroatoms. The van der Waals surface area contributed by atoms with E-state index in [4.69, 9.17) is 14.2 Å². The van der Waals surface area contributed by atoms with E-state index in [0.717, 1.165) is 11.1 Å². The molecule has 0 saturated heterocycles. The van der Waals surface area contributed by atoms with Gasteiger partial charge in [-0.25, -0.2) is 17.6 Å². The lowest BCUT2D eigenvalue weighted by Crippen LogP contribution is -2.46. The van der Waals surface area contributed by atoms with Gasteiger partial charge in [-0.1, -0.05) is 100 Å². The van der Waals surface area contributed by atoms with Crippen molar-refractivity contribution in [1.29, 1.82) is 0 Å². The van der Waals surface area contributed by atoms with E-state index in [1.54, 1.807) is 74.5 Å². The Morgan fingerprint density at radius 1 is 0.455 bits per heavy atom. The Bertz CT molecular complexity index is 2080. The molecule has 6 rings (SSSR count). The van der Waals surface area contributed by atoms with E-state index >= 15 is 17.6 Å². The quantitative estimate of drug-likeness (QED) is 0.104. The van der Waals surface area contributed by atoms with Crippen LogP contribution in [0.3, 0.4) is 0 Å². The van der Waals surface area contributed by atoms with Crippen LogP contribution >= 0.6 is 0 Å². The van der Waals surface area contributed by atoms with Gasteiger partial charge in [-0.05, 0) is 121 Å². The molecule has 6 aromatic carbocycles. The van der Waals surface area contributed by atoms with Gasteiger partial charge >= 0.3 is 0 Å². The van der Waals surface area contributed by atoms with E-state index in [1.807, 2.05) is 76.2 Å². The van der Waals surface area contributed by atoms with Crippen LogP contribution in [0.1, 0.15) is 61.1 Å². The zero-order chi connectivity index (χ0) is 39.3. The molecule has 0 saturated carbocycles. The summed E-state index contributed by atoms with van der Waals surface area (Å²) in [5, 5.41) is 0. The normalized spacial score (nSPS) is 13.0. The summed E-state index contributed by atoms with van der Waals surface area (Å²) in [6.45, 7) is 11.4. The molecule has 0 N–H and O–H groups in total. The molecule has 0 radical (unpaired) electrons. The number of para-hydroxylation sites is 2. The molecule has 0 aliphatic carbocycles. The molecule has 3 nitrogen and oxygen atoms in total. The van der Waals surface area contributed by atoms with Gasteiger partial charge in [0.2, 0.25) is 0 Å². The smallest absolute Gasteiger partial charge is 0.165 e. The summed E-state index contributed by atoms with van der Waals surface area (Å²) >= 11 is 0. The zero-order valence-corrected chi connectivity index (χ0v) is 32.0. The van der Waals surface area contributed by atoms with Crippen LogP contribution in [0.2, 0.25) is 0 Å². The molecule has 2 atom stereocenters. The molecule has 0 aliphatic heterocycles. The summed E-state index contributed by atoms with van der Waals surface area (Å²) in [6, 6.07) is 37.7. The van der Waals surface area contributed by atoms with Crippen LogP contribution in [-0.2, 0) is 28.4 Å². The van der Waals surface area contributed by atoms with Crippen molar-refractivity contribution in [3.63, 3.8) is 0 Å². The number of benzene rings is 6. The number of hydrogen-bond acceptors (Lipinski definition) is 3. The molecule has 0 aromatic heterocycles. The lowest BCUT2D eigenvalue weighted by atomic mass is 9.74. The SMILES string of the molecule is Cc1ccc(C(C)(C)C(Cc2ccc(F)c(Oc3ccccc3)c2)OC(Cc2ccc(F)c(Oc3ccccc3)c2)C(C)(C)c2ccc(C)c(F)c2)cc1F. The lowest BCUT2D eigenvalue weighted by Gasteiger charge is -2.43. The summed E-state index contributed by atoms with van der Waals surface area (Å²) in [5.74, 6) is -0.613. The summed E-state index contributed by atoms with van der Waals surface area (Å²) in [5.41, 5.74) is 2.31. The van der Waals surface area contributed by atoms with Gasteiger partial charge in [0.25, 0.3) is 0 Å². The highest BCUT2D eigenvalue weighted by molar-refractivity contribution is 5.39. The Labute approximate surface area is 321 Å². The third-order valence-corrected chi connectivity index (χ3v) is 10.5. The van der Waals surface area contributed by atoms with Crippen molar-refractivity contribution in [2.24, 2.45) is 0 Å². The lowest BCUT2D eigenvalue weighted by molar-refractivity contribution is -0.0753. The van der Waals surface area contributed by atoms with E-state index in [-0.39, 0.29) is 36.0 Å². The summed E-state index contributed by atoms with van der Waals surface area (Å²) in [6.07, 6.45) is -0.697. The van der Waals surface area contributed by atoms with Crippen molar-refractivity contribution in [3.8, 4) is 23.0 Å². The van der Waals surface area contributed by atoms with Gasteiger partial charge in [0.1, 0.15) is 23.1 Å². The molecular weight excluding hydrogens is 701 g/mol.